The summed E-state index contributed by atoms with van der Waals surface area (Å²) >= 11 is 5.34. The maximum Gasteiger partial charge on any atom is 0.226 e. The summed E-state index contributed by atoms with van der Waals surface area (Å²) in [5.74, 6) is 0.334. The Balaban J connectivity index is 1.99. The van der Waals surface area contributed by atoms with Gasteiger partial charge in [0.2, 0.25) is 5.91 Å². The minimum atomic E-state index is 0.334. The molecule has 0 radical (unpaired) electrons. The van der Waals surface area contributed by atoms with Crippen LogP contribution in [0.25, 0.3) is 0 Å². The first kappa shape index (κ1) is 6.98. The molecular formula is C6H8BrNOS. The molecule has 0 bridgehead atoms. The lowest BCUT2D eigenvalue weighted by atomic mass is 10.2. The van der Waals surface area contributed by atoms with E-state index in [1.54, 1.807) is 0 Å². The van der Waals surface area contributed by atoms with Gasteiger partial charge < -0.3 is 4.90 Å². The lowest BCUT2D eigenvalue weighted by Crippen LogP contribution is -2.47. The fraction of sp³-hybridized carbons (Fsp3) is 0.833. The van der Waals surface area contributed by atoms with Crippen LogP contribution < -0.4 is 0 Å². The summed E-state index contributed by atoms with van der Waals surface area (Å²) in [4.78, 5) is 12.8. The first-order valence-electron chi connectivity index (χ1n) is 3.32. The van der Waals surface area contributed by atoms with E-state index in [9.17, 15) is 4.79 Å². The van der Waals surface area contributed by atoms with E-state index in [2.05, 4.69) is 15.9 Å². The Morgan fingerprint density at radius 2 is 2.60 bits per heavy atom. The van der Waals surface area contributed by atoms with Crippen LogP contribution in [0.1, 0.15) is 6.42 Å². The van der Waals surface area contributed by atoms with Crippen LogP contribution in [-0.4, -0.2) is 33.3 Å². The van der Waals surface area contributed by atoms with E-state index in [1.807, 2.05) is 16.7 Å². The summed E-state index contributed by atoms with van der Waals surface area (Å²) in [7, 11) is 0. The SMILES string of the molecule is O=C1C[C@H]2SC(CBr)CN12. The van der Waals surface area contributed by atoms with Gasteiger partial charge in [-0.2, -0.15) is 0 Å². The van der Waals surface area contributed by atoms with Gasteiger partial charge in [0.15, 0.2) is 0 Å². The number of amides is 1. The minimum absolute atomic E-state index is 0.334. The summed E-state index contributed by atoms with van der Waals surface area (Å²) < 4.78 is 0. The Kier molecular flexibility index (Phi) is 1.68. The summed E-state index contributed by atoms with van der Waals surface area (Å²) in [5.41, 5.74) is 0. The highest BCUT2D eigenvalue weighted by atomic mass is 79.9. The van der Waals surface area contributed by atoms with Crippen LogP contribution in [0.5, 0.6) is 0 Å². The number of alkyl halides is 1. The van der Waals surface area contributed by atoms with E-state index < -0.39 is 0 Å². The summed E-state index contributed by atoms with van der Waals surface area (Å²) in [5, 5.41) is 2.17. The number of nitrogens with zero attached hydrogens (tertiary/aromatic N) is 1. The highest BCUT2D eigenvalue weighted by molar-refractivity contribution is 9.09. The molecule has 0 aromatic carbocycles. The molecule has 0 spiro atoms. The molecule has 0 aromatic heterocycles. The Labute approximate surface area is 72.5 Å². The molecule has 2 heterocycles. The van der Waals surface area contributed by atoms with Crippen molar-refractivity contribution < 1.29 is 4.79 Å². The highest BCUT2D eigenvalue weighted by Gasteiger charge is 2.44. The monoisotopic (exact) mass is 221 g/mol. The third kappa shape index (κ3) is 0.889. The number of fused-ring (bicyclic) bond motifs is 1. The number of carbonyl (C=O) groups is 1. The quantitative estimate of drug-likeness (QED) is 0.488. The van der Waals surface area contributed by atoms with Crippen LogP contribution in [0.3, 0.4) is 0 Å². The number of hydrogen-bond donors (Lipinski definition) is 0. The minimum Gasteiger partial charge on any atom is -0.329 e. The van der Waals surface area contributed by atoms with Crippen molar-refractivity contribution in [2.75, 3.05) is 11.9 Å². The van der Waals surface area contributed by atoms with Crippen molar-refractivity contribution in [1.82, 2.24) is 4.90 Å². The molecule has 0 N–H and O–H groups in total. The van der Waals surface area contributed by atoms with E-state index in [-0.39, 0.29) is 0 Å². The number of rotatable bonds is 1. The van der Waals surface area contributed by atoms with Gasteiger partial charge in [0.25, 0.3) is 0 Å². The molecule has 2 aliphatic heterocycles. The zero-order valence-electron chi connectivity index (χ0n) is 5.42. The van der Waals surface area contributed by atoms with Crippen LogP contribution in [0.15, 0.2) is 0 Å². The van der Waals surface area contributed by atoms with Crippen molar-refractivity contribution in [3.63, 3.8) is 0 Å². The van der Waals surface area contributed by atoms with Crippen molar-refractivity contribution in [2.45, 2.75) is 17.0 Å². The third-order valence-electron chi connectivity index (χ3n) is 1.94. The maximum atomic E-state index is 10.9. The van der Waals surface area contributed by atoms with Crippen molar-refractivity contribution in [1.29, 1.82) is 0 Å². The molecule has 56 valence electrons. The summed E-state index contributed by atoms with van der Waals surface area (Å²) in [6.45, 7) is 0.958. The molecule has 2 fully saturated rings. The molecule has 10 heavy (non-hydrogen) atoms. The molecule has 2 atom stereocenters. The highest BCUT2D eigenvalue weighted by Crippen LogP contribution is 2.39. The van der Waals surface area contributed by atoms with E-state index in [4.69, 9.17) is 0 Å². The number of carbonyl (C=O) groups excluding carboxylic acids is 1. The predicted molar refractivity (Wildman–Crippen MR) is 45.3 cm³/mol. The van der Waals surface area contributed by atoms with Crippen molar-refractivity contribution in [3.8, 4) is 0 Å². The first-order chi connectivity index (χ1) is 4.81. The van der Waals surface area contributed by atoms with E-state index >= 15 is 0 Å². The topological polar surface area (TPSA) is 20.3 Å². The maximum absolute atomic E-state index is 10.9. The van der Waals surface area contributed by atoms with Crippen LogP contribution in [0.4, 0.5) is 0 Å². The molecule has 1 amide bonds. The molecular weight excluding hydrogens is 214 g/mol. The largest absolute Gasteiger partial charge is 0.329 e. The van der Waals surface area contributed by atoms with Crippen LogP contribution >= 0.6 is 27.7 Å². The second kappa shape index (κ2) is 2.41. The molecule has 2 saturated heterocycles. The molecule has 2 rings (SSSR count). The molecule has 2 nitrogen and oxygen atoms in total. The summed E-state index contributed by atoms with van der Waals surface area (Å²) in [6.07, 6.45) is 0.772. The first-order valence-corrected chi connectivity index (χ1v) is 5.38. The molecule has 0 saturated carbocycles. The van der Waals surface area contributed by atoms with Gasteiger partial charge in [-0.3, -0.25) is 4.79 Å². The van der Waals surface area contributed by atoms with Crippen molar-refractivity contribution >= 4 is 33.6 Å². The van der Waals surface area contributed by atoms with E-state index in [0.717, 1.165) is 18.3 Å². The summed E-state index contributed by atoms with van der Waals surface area (Å²) in [6, 6.07) is 0. The van der Waals surface area contributed by atoms with Gasteiger partial charge in [-0.1, -0.05) is 15.9 Å². The predicted octanol–water partition coefficient (Wildman–Crippen LogP) is 1.06. The van der Waals surface area contributed by atoms with Gasteiger partial charge in [0, 0.05) is 17.1 Å². The molecule has 0 aromatic rings. The zero-order valence-corrected chi connectivity index (χ0v) is 7.82. The lowest BCUT2D eigenvalue weighted by Gasteiger charge is -2.32. The molecule has 1 unspecified atom stereocenters. The fourth-order valence-corrected chi connectivity index (χ4v) is 3.35. The van der Waals surface area contributed by atoms with Crippen LogP contribution in [0.2, 0.25) is 0 Å². The second-order valence-corrected chi connectivity index (χ2v) is 4.75. The average Bonchev–Trinajstić information content (AvgIpc) is 2.26. The Morgan fingerprint density at radius 1 is 1.80 bits per heavy atom. The van der Waals surface area contributed by atoms with Gasteiger partial charge >= 0.3 is 0 Å². The third-order valence-corrected chi connectivity index (χ3v) is 4.59. The fourth-order valence-electron chi connectivity index (χ4n) is 1.34. The van der Waals surface area contributed by atoms with Gasteiger partial charge in [-0.15, -0.1) is 11.8 Å². The molecule has 4 heteroatoms. The Hall–Kier alpha value is 0.300. The zero-order chi connectivity index (χ0) is 7.14. The number of halogens is 1. The number of hydrogen-bond acceptors (Lipinski definition) is 2. The Morgan fingerprint density at radius 3 is 3.10 bits per heavy atom. The van der Waals surface area contributed by atoms with Gasteiger partial charge in [0.1, 0.15) is 0 Å². The molecule has 2 aliphatic rings. The lowest BCUT2D eigenvalue weighted by molar-refractivity contribution is -0.140. The number of β-lactam (4-membered cyclic amide) rings is 1. The molecule has 0 aliphatic carbocycles. The van der Waals surface area contributed by atoms with Crippen molar-refractivity contribution in [2.24, 2.45) is 0 Å². The van der Waals surface area contributed by atoms with Gasteiger partial charge in [0.05, 0.1) is 11.8 Å². The second-order valence-electron chi connectivity index (χ2n) is 2.62. The van der Waals surface area contributed by atoms with E-state index in [1.165, 1.54) is 0 Å². The van der Waals surface area contributed by atoms with Gasteiger partial charge in [-0.25, -0.2) is 0 Å². The normalized spacial score (nSPS) is 37.7. The van der Waals surface area contributed by atoms with Crippen LogP contribution in [-0.2, 0) is 4.79 Å². The van der Waals surface area contributed by atoms with Crippen molar-refractivity contribution in [3.05, 3.63) is 0 Å². The smallest absolute Gasteiger partial charge is 0.226 e. The Bertz CT molecular complexity index is 175. The standard InChI is InChI=1S/C6H8BrNOS/c7-2-4-3-8-5(9)1-6(8)10-4/h4,6H,1-3H2/t4?,6-/m1/s1. The van der Waals surface area contributed by atoms with Crippen LogP contribution in [0, 0.1) is 0 Å². The average molecular weight is 222 g/mol. The van der Waals surface area contributed by atoms with E-state index in [0.29, 0.717) is 16.5 Å². The van der Waals surface area contributed by atoms with Gasteiger partial charge in [-0.05, 0) is 0 Å². The number of thioether (sulfide) groups is 1.